The largest absolute Gasteiger partial charge is 0.392 e. The van der Waals surface area contributed by atoms with Crippen molar-refractivity contribution in [2.45, 2.75) is 31.7 Å². The fourth-order valence-corrected chi connectivity index (χ4v) is 4.37. The molecular formula is C9H16N2O2S2. The van der Waals surface area contributed by atoms with Gasteiger partial charge in [-0.05, 0) is 31.6 Å². The van der Waals surface area contributed by atoms with Crippen molar-refractivity contribution in [1.82, 2.24) is 4.31 Å². The lowest BCUT2D eigenvalue weighted by Crippen LogP contribution is -2.51. The van der Waals surface area contributed by atoms with Gasteiger partial charge in [0.1, 0.15) is 0 Å². The summed E-state index contributed by atoms with van der Waals surface area (Å²) in [5, 5.41) is 0. The van der Waals surface area contributed by atoms with Gasteiger partial charge in [-0.2, -0.15) is 4.31 Å². The van der Waals surface area contributed by atoms with Gasteiger partial charge in [-0.25, -0.2) is 8.42 Å². The molecule has 0 aromatic heterocycles. The summed E-state index contributed by atoms with van der Waals surface area (Å²) >= 11 is 4.99. The normalized spacial score (nSPS) is 28.5. The molecule has 15 heavy (non-hydrogen) atoms. The fraction of sp³-hybridized carbons (Fsp3) is 0.889. The molecule has 1 saturated carbocycles. The molecular weight excluding hydrogens is 232 g/mol. The Balaban J connectivity index is 2.22. The molecule has 0 radical (unpaired) electrons. The van der Waals surface area contributed by atoms with Crippen LogP contribution < -0.4 is 5.73 Å². The number of rotatable bonds is 3. The molecule has 0 bridgehead atoms. The number of nitrogens with two attached hydrogens (primary N) is 1. The second-order valence-electron chi connectivity index (χ2n) is 4.32. The summed E-state index contributed by atoms with van der Waals surface area (Å²) < 4.78 is 25.3. The van der Waals surface area contributed by atoms with Gasteiger partial charge in [-0.15, -0.1) is 0 Å². The standard InChI is InChI=1S/C9H16N2O2S2/c10-9(14)8(7-3-4-7)11-5-1-2-6-15(11,12)13/h7-8H,1-6H2,(H2,10,14). The van der Waals surface area contributed by atoms with Crippen molar-refractivity contribution in [2.75, 3.05) is 12.3 Å². The Morgan fingerprint density at radius 1 is 1.40 bits per heavy atom. The van der Waals surface area contributed by atoms with Gasteiger partial charge in [-0.1, -0.05) is 12.2 Å². The van der Waals surface area contributed by atoms with Gasteiger partial charge in [0.2, 0.25) is 10.0 Å². The number of hydrogen-bond donors (Lipinski definition) is 1. The van der Waals surface area contributed by atoms with Crippen molar-refractivity contribution in [3.63, 3.8) is 0 Å². The van der Waals surface area contributed by atoms with E-state index in [1.54, 1.807) is 0 Å². The van der Waals surface area contributed by atoms with Gasteiger partial charge >= 0.3 is 0 Å². The maximum absolute atomic E-state index is 11.9. The zero-order valence-electron chi connectivity index (χ0n) is 8.55. The average molecular weight is 248 g/mol. The van der Waals surface area contributed by atoms with Crippen LogP contribution in [0.4, 0.5) is 0 Å². The molecule has 1 aliphatic carbocycles. The van der Waals surface area contributed by atoms with Crippen molar-refractivity contribution in [1.29, 1.82) is 0 Å². The summed E-state index contributed by atoms with van der Waals surface area (Å²) in [7, 11) is -3.11. The van der Waals surface area contributed by atoms with Gasteiger partial charge < -0.3 is 5.73 Å². The first-order valence-corrected chi connectivity index (χ1v) is 7.33. The molecule has 1 heterocycles. The Kier molecular flexibility index (Phi) is 3.00. The van der Waals surface area contributed by atoms with Crippen LogP contribution in [0.25, 0.3) is 0 Å². The van der Waals surface area contributed by atoms with E-state index in [-0.39, 0.29) is 11.8 Å². The Morgan fingerprint density at radius 3 is 2.53 bits per heavy atom. The van der Waals surface area contributed by atoms with E-state index in [1.807, 2.05) is 0 Å². The third-order valence-corrected chi connectivity index (χ3v) is 5.23. The van der Waals surface area contributed by atoms with Crippen molar-refractivity contribution in [3.05, 3.63) is 0 Å². The van der Waals surface area contributed by atoms with E-state index in [1.165, 1.54) is 4.31 Å². The summed E-state index contributed by atoms with van der Waals surface area (Å²) in [6.45, 7) is 0.584. The van der Waals surface area contributed by atoms with E-state index in [0.29, 0.717) is 17.5 Å². The van der Waals surface area contributed by atoms with Gasteiger partial charge in [0, 0.05) is 6.54 Å². The van der Waals surface area contributed by atoms with Crippen LogP contribution in [0.5, 0.6) is 0 Å². The molecule has 1 aliphatic heterocycles. The SMILES string of the molecule is NC(=S)C(C1CC1)N1CCCCS1(=O)=O. The van der Waals surface area contributed by atoms with Crippen LogP contribution >= 0.6 is 12.2 Å². The third-order valence-electron chi connectivity index (χ3n) is 3.06. The molecule has 0 aromatic carbocycles. The maximum atomic E-state index is 11.9. The molecule has 2 aliphatic rings. The van der Waals surface area contributed by atoms with E-state index < -0.39 is 10.0 Å². The minimum atomic E-state index is -3.11. The highest BCUT2D eigenvalue weighted by molar-refractivity contribution is 7.89. The topological polar surface area (TPSA) is 63.4 Å². The molecule has 86 valence electrons. The highest BCUT2D eigenvalue weighted by atomic mass is 32.2. The molecule has 1 saturated heterocycles. The van der Waals surface area contributed by atoms with Crippen LogP contribution in [0.3, 0.4) is 0 Å². The van der Waals surface area contributed by atoms with E-state index >= 15 is 0 Å². The Labute approximate surface area is 95.9 Å². The quantitative estimate of drug-likeness (QED) is 0.738. The van der Waals surface area contributed by atoms with Crippen molar-refractivity contribution >= 4 is 27.2 Å². The van der Waals surface area contributed by atoms with Gasteiger partial charge in [0.15, 0.2) is 0 Å². The highest BCUT2D eigenvalue weighted by Gasteiger charge is 2.42. The second kappa shape index (κ2) is 3.99. The van der Waals surface area contributed by atoms with Gasteiger partial charge in [-0.3, -0.25) is 0 Å². The first-order chi connectivity index (χ1) is 7.02. The van der Waals surface area contributed by atoms with Crippen LogP contribution in [-0.2, 0) is 10.0 Å². The van der Waals surface area contributed by atoms with Gasteiger partial charge in [0.05, 0.1) is 16.8 Å². The minimum Gasteiger partial charge on any atom is -0.392 e. The average Bonchev–Trinajstić information content (AvgIpc) is 2.91. The summed E-state index contributed by atoms with van der Waals surface area (Å²) in [6.07, 6.45) is 3.78. The van der Waals surface area contributed by atoms with Gasteiger partial charge in [0.25, 0.3) is 0 Å². The molecule has 2 N–H and O–H groups in total. The molecule has 0 aromatic rings. The van der Waals surface area contributed by atoms with Crippen molar-refractivity contribution in [3.8, 4) is 0 Å². The highest BCUT2D eigenvalue weighted by Crippen LogP contribution is 2.37. The van der Waals surface area contributed by atoms with E-state index in [4.69, 9.17) is 18.0 Å². The lowest BCUT2D eigenvalue weighted by molar-refractivity contribution is 0.332. The first-order valence-electron chi connectivity index (χ1n) is 5.31. The lowest BCUT2D eigenvalue weighted by atomic mass is 10.2. The first kappa shape index (κ1) is 11.3. The van der Waals surface area contributed by atoms with Crippen LogP contribution in [0.1, 0.15) is 25.7 Å². The molecule has 6 heteroatoms. The van der Waals surface area contributed by atoms with Crippen molar-refractivity contribution in [2.24, 2.45) is 11.7 Å². The minimum absolute atomic E-state index is 0.217. The summed E-state index contributed by atoms with van der Waals surface area (Å²) in [5.41, 5.74) is 5.65. The number of nitrogens with zero attached hydrogens (tertiary/aromatic N) is 1. The molecule has 1 unspecified atom stereocenters. The van der Waals surface area contributed by atoms with E-state index in [2.05, 4.69) is 0 Å². The monoisotopic (exact) mass is 248 g/mol. The van der Waals surface area contributed by atoms with E-state index in [0.717, 1.165) is 25.7 Å². The fourth-order valence-electron chi connectivity index (χ4n) is 2.14. The Morgan fingerprint density at radius 2 is 2.07 bits per heavy atom. The molecule has 2 rings (SSSR count). The molecule has 2 fully saturated rings. The zero-order chi connectivity index (χ0) is 11.1. The second-order valence-corrected chi connectivity index (χ2v) is 6.83. The van der Waals surface area contributed by atoms with Crippen LogP contribution in [0.15, 0.2) is 0 Å². The summed E-state index contributed by atoms with van der Waals surface area (Å²) in [4.78, 5) is 0.336. The summed E-state index contributed by atoms with van der Waals surface area (Å²) in [5.74, 6) is 0.620. The zero-order valence-corrected chi connectivity index (χ0v) is 10.2. The summed E-state index contributed by atoms with van der Waals surface area (Å²) in [6, 6.07) is -0.217. The van der Waals surface area contributed by atoms with E-state index in [9.17, 15) is 8.42 Å². The number of sulfonamides is 1. The van der Waals surface area contributed by atoms with Crippen LogP contribution in [0, 0.1) is 5.92 Å². The Bertz CT molecular complexity index is 362. The maximum Gasteiger partial charge on any atom is 0.214 e. The molecule has 4 nitrogen and oxygen atoms in total. The molecule has 0 spiro atoms. The predicted molar refractivity (Wildman–Crippen MR) is 63.0 cm³/mol. The third kappa shape index (κ3) is 2.32. The number of hydrogen-bond acceptors (Lipinski definition) is 3. The lowest BCUT2D eigenvalue weighted by Gasteiger charge is -2.33. The molecule has 0 amide bonds. The smallest absolute Gasteiger partial charge is 0.214 e. The molecule has 1 atom stereocenters. The van der Waals surface area contributed by atoms with Crippen LogP contribution in [-0.4, -0.2) is 36.1 Å². The van der Waals surface area contributed by atoms with Crippen LogP contribution in [0.2, 0.25) is 0 Å². The van der Waals surface area contributed by atoms with Crippen molar-refractivity contribution < 1.29 is 8.42 Å². The Hall–Kier alpha value is -0.200. The predicted octanol–water partition coefficient (Wildman–Crippen LogP) is 0.477. The number of thiocarbonyl (C=S) groups is 1.